The molecule has 12 amide bonds. The minimum atomic E-state index is -1.65. The molecular formula is C85H112N18O20. The van der Waals surface area contributed by atoms with Crippen molar-refractivity contribution in [3.63, 3.8) is 0 Å². The maximum atomic E-state index is 14.1. The number of aliphatic carboxylic acids is 1. The fourth-order valence-corrected chi connectivity index (χ4v) is 14.5. The van der Waals surface area contributed by atoms with Crippen LogP contribution < -0.4 is 69.0 Å². The number of amides is 12. The number of nitrogens with zero attached hydrogens (tertiary/aromatic N) is 5. The van der Waals surface area contributed by atoms with E-state index in [1.54, 1.807) is 54.6 Å². The molecule has 4 heterocycles. The number of carbonyl (C=O) groups is 13. The van der Waals surface area contributed by atoms with Crippen LogP contribution >= 0.6 is 0 Å². The van der Waals surface area contributed by atoms with Gasteiger partial charge in [0.25, 0.3) is 5.91 Å². The van der Waals surface area contributed by atoms with Crippen molar-refractivity contribution in [1.29, 1.82) is 10.7 Å². The molecule has 0 spiro atoms. The number of rotatable bonds is 46. The Morgan fingerprint density at radius 3 is 1.93 bits per heavy atom. The van der Waals surface area contributed by atoms with E-state index in [9.17, 15) is 72.7 Å². The van der Waals surface area contributed by atoms with Crippen LogP contribution in [0.5, 0.6) is 5.75 Å². The molecule has 38 nitrogen and oxygen atoms in total. The number of nitrogens with one attached hydrogen (secondary N) is 12. The van der Waals surface area contributed by atoms with E-state index in [0.29, 0.717) is 80.0 Å². The number of carboxylic acids is 1. The van der Waals surface area contributed by atoms with E-state index in [4.69, 9.17) is 39.6 Å². The Morgan fingerprint density at radius 2 is 1.23 bits per heavy atom. The molecule has 0 radical (unpaired) electrons. The number of unbranched alkanes of at least 4 members (excludes halogenated alkanes) is 1. The molecular weight excluding hydrogens is 1590 g/mol. The van der Waals surface area contributed by atoms with E-state index in [2.05, 4.69) is 74.4 Å². The number of hydrogen-bond donors (Lipinski definition) is 14. The van der Waals surface area contributed by atoms with Crippen molar-refractivity contribution in [3.05, 3.63) is 132 Å². The number of piperazine rings is 1. The van der Waals surface area contributed by atoms with Crippen LogP contribution in [0.3, 0.4) is 0 Å². The van der Waals surface area contributed by atoms with E-state index >= 15 is 0 Å². The summed E-state index contributed by atoms with van der Waals surface area (Å²) >= 11 is 0. The zero-order valence-corrected chi connectivity index (χ0v) is 68.9. The van der Waals surface area contributed by atoms with Gasteiger partial charge in [-0.25, -0.2) is 4.79 Å². The van der Waals surface area contributed by atoms with Crippen LogP contribution in [-0.2, 0) is 82.8 Å². The Morgan fingerprint density at radius 1 is 0.610 bits per heavy atom. The van der Waals surface area contributed by atoms with Crippen LogP contribution in [0.4, 0.5) is 4.79 Å². The van der Waals surface area contributed by atoms with E-state index in [-0.39, 0.29) is 180 Å². The highest BCUT2D eigenvalue weighted by molar-refractivity contribution is 6.07. The molecule has 1 aliphatic carbocycles. The van der Waals surface area contributed by atoms with Gasteiger partial charge >= 0.3 is 12.1 Å². The first kappa shape index (κ1) is 94.4. The number of nitriles is 1. The molecule has 1 unspecified atom stereocenters. The number of alkyl carbamates (subject to hydrolysis) is 1. The second-order valence-corrected chi connectivity index (χ2v) is 29.8. The number of nitrogens with two attached hydrogens (primary N) is 1. The number of aromatic nitrogens is 1. The lowest BCUT2D eigenvalue weighted by Gasteiger charge is -2.34. The minimum Gasteiger partial charge on any atom is -0.494 e. The Bertz CT molecular complexity index is 4430. The number of fused-ring (bicyclic) bond motifs is 4. The maximum absolute atomic E-state index is 14.1. The van der Waals surface area contributed by atoms with Gasteiger partial charge in [-0.1, -0.05) is 78.9 Å². The number of guanidine groups is 1. The molecule has 3 fully saturated rings. The third-order valence-electron chi connectivity index (χ3n) is 21.0. The molecule has 9 rings (SSSR count). The summed E-state index contributed by atoms with van der Waals surface area (Å²) in [5.74, 6) is -7.80. The van der Waals surface area contributed by atoms with Gasteiger partial charge in [0.1, 0.15) is 48.6 Å². The monoisotopic (exact) mass is 1700 g/mol. The largest absolute Gasteiger partial charge is 0.494 e. The Labute approximate surface area is 712 Å². The average Bonchev–Trinajstić information content (AvgIpc) is 1.61. The second-order valence-electron chi connectivity index (χ2n) is 29.8. The van der Waals surface area contributed by atoms with Gasteiger partial charge in [0.05, 0.1) is 103 Å². The zero-order valence-electron chi connectivity index (χ0n) is 68.9. The van der Waals surface area contributed by atoms with Gasteiger partial charge in [-0.3, -0.25) is 72.8 Å². The molecule has 4 aliphatic rings. The Hall–Kier alpha value is -12.4. The maximum Gasteiger partial charge on any atom is 0.407 e. The van der Waals surface area contributed by atoms with Crippen LogP contribution in [0, 0.1) is 16.7 Å². The van der Waals surface area contributed by atoms with Crippen molar-refractivity contribution in [2.24, 2.45) is 5.73 Å². The number of carboxylic acid groups (broad SMARTS) is 1. The van der Waals surface area contributed by atoms with E-state index in [1.807, 2.05) is 53.4 Å². The number of likely N-dealkylation sites (tertiary alicyclic amines) is 1. The van der Waals surface area contributed by atoms with E-state index in [1.165, 1.54) is 11.1 Å². The molecule has 3 aliphatic heterocycles. The summed E-state index contributed by atoms with van der Waals surface area (Å²) in [6.07, 6.45) is 2.59. The van der Waals surface area contributed by atoms with Crippen molar-refractivity contribution in [2.45, 2.75) is 132 Å². The number of hydrogen-bond acceptors (Lipinski definition) is 23. The van der Waals surface area contributed by atoms with Gasteiger partial charge < -0.3 is 108 Å². The first-order valence-electron chi connectivity index (χ1n) is 41.7. The molecule has 15 N–H and O–H groups in total. The molecule has 1 aromatic heterocycles. The van der Waals surface area contributed by atoms with Crippen LogP contribution in [0.2, 0.25) is 0 Å². The Balaban J connectivity index is 0.636. The minimum absolute atomic E-state index is 0.00117. The highest BCUT2D eigenvalue weighted by Crippen LogP contribution is 2.44. The summed E-state index contributed by atoms with van der Waals surface area (Å²) < 4.78 is 34.5. The van der Waals surface area contributed by atoms with Crippen LogP contribution in [0.1, 0.15) is 116 Å². The summed E-state index contributed by atoms with van der Waals surface area (Å²) in [7, 11) is 0. The lowest BCUT2D eigenvalue weighted by molar-refractivity contribution is -0.141. The van der Waals surface area contributed by atoms with Gasteiger partial charge in [0.15, 0.2) is 5.96 Å². The van der Waals surface area contributed by atoms with Crippen LogP contribution in [0.25, 0.3) is 22.0 Å². The fraction of sp³-hybridized carbons (Fsp3) is 0.506. The molecule has 6 atom stereocenters. The smallest absolute Gasteiger partial charge is 0.407 e. The Kier molecular flexibility index (Phi) is 38.9. The second kappa shape index (κ2) is 50.7. The third-order valence-corrected chi connectivity index (χ3v) is 21.0. The number of benzene rings is 4. The highest BCUT2D eigenvalue weighted by Gasteiger charge is 2.36. The standard InChI is InChI=1S/C85H112N18O20/c86-52-57-15-11-35-103(57)76(108)54-95-78(111)63-26-31-89-66-23-22-58(50-64(63)66)122-40-12-34-101-36-38-102(39-37-101)75(107)28-42-119-46-48-121-44-33-92-79(112)69(100-85(117)123-55-65-61-18-6-4-16-59(61)60-17-5-7-19-62(60)65)24-25-72(104)91-32-43-120-47-45-118-41-27-73(105)90-29-9-8-20-68-81(114)97-67(21-10-30-93-84(87)88)80(113)94-53-74(106)96-71(51-77(109)110)83(116)99-70(82(115)98-68)49-56-13-2-1-3-14-56/h1-7,13-14,16-19,22-23,26,31,50,57,65,67-71H,8-12,15,20-21,24-25,27-30,32-49,51,53-55H2,(H,90,105)(H,91,104)(H,92,112)(H,94,113)(H,95,111)(H,96,106)(H,97,114)(H,98,115)(H,99,116)(H,100,117)(H,109,110)(H4,87,88,93)/t57-,67-,68-,69?,70+,71-/m0/s1. The lowest BCUT2D eigenvalue weighted by atomic mass is 9.98. The quantitative estimate of drug-likeness (QED) is 0.0143. The van der Waals surface area contributed by atoms with Crippen LogP contribution in [-0.4, -0.2) is 289 Å². The van der Waals surface area contributed by atoms with Gasteiger partial charge in [-0.05, 0) is 110 Å². The first-order chi connectivity index (χ1) is 59.6. The molecule has 4 aromatic carbocycles. The molecule has 123 heavy (non-hydrogen) atoms. The van der Waals surface area contributed by atoms with Gasteiger partial charge in [-0.15, -0.1) is 0 Å². The van der Waals surface area contributed by atoms with Crippen LogP contribution in [0.15, 0.2) is 109 Å². The average molecular weight is 1710 g/mol. The number of ether oxygens (including phenoxy) is 6. The SMILES string of the molecule is N#C[C@@H]1CCCN1C(=O)CNC(=O)c1ccnc2ccc(OCCCN3CCN(C(=O)CCOCCOCCNC(=O)C(CCC(=O)NCCOCCOCCC(=O)NCCCC[C@@H]4NC(=O)[C@@H](Cc5ccccc5)NC(=O)[C@H](CC(=O)O)NC(=O)CNC(=O)[C@H](CCCNC(=N)N)NC4=O)NC(=O)OCC4c5ccccc5-c5ccccc54)CC3)cc12. The third kappa shape index (κ3) is 31.5. The first-order valence-corrected chi connectivity index (χ1v) is 41.7. The van der Waals surface area contributed by atoms with E-state index in [0.717, 1.165) is 41.6 Å². The summed E-state index contributed by atoms with van der Waals surface area (Å²) in [6, 6.07) is 26.2. The lowest BCUT2D eigenvalue weighted by Crippen LogP contribution is -2.58. The molecule has 5 aromatic rings. The van der Waals surface area contributed by atoms with Crippen molar-refractivity contribution in [2.75, 3.05) is 145 Å². The predicted octanol–water partition coefficient (Wildman–Crippen LogP) is 0.495. The number of pyridine rings is 1. The molecule has 0 saturated carbocycles. The van der Waals surface area contributed by atoms with Gasteiger partial charge in [0, 0.05) is 102 Å². The summed E-state index contributed by atoms with van der Waals surface area (Å²) in [4.78, 5) is 182. The molecule has 662 valence electrons. The molecule has 3 saturated heterocycles. The van der Waals surface area contributed by atoms with Gasteiger partial charge in [-0.2, -0.15) is 5.26 Å². The van der Waals surface area contributed by atoms with Crippen molar-refractivity contribution >= 4 is 93.9 Å². The topological polar surface area (TPSA) is 526 Å². The zero-order chi connectivity index (χ0) is 87.7. The van der Waals surface area contributed by atoms with Crippen molar-refractivity contribution in [1.82, 2.24) is 78.2 Å². The summed E-state index contributed by atoms with van der Waals surface area (Å²) in [6.45, 7) is 4.82. The normalized spacial score (nSPS) is 17.8. The fourth-order valence-electron chi connectivity index (χ4n) is 14.5. The van der Waals surface area contributed by atoms with Crippen molar-refractivity contribution in [3.8, 4) is 22.9 Å². The number of carbonyl (C=O) groups excluding carboxylic acids is 12. The summed E-state index contributed by atoms with van der Waals surface area (Å²) in [5, 5.41) is 55.9. The van der Waals surface area contributed by atoms with Crippen molar-refractivity contribution < 1.29 is 95.9 Å². The van der Waals surface area contributed by atoms with E-state index < -0.39 is 109 Å². The van der Waals surface area contributed by atoms with Gasteiger partial charge in [0.2, 0.25) is 59.1 Å². The molecule has 38 heteroatoms. The highest BCUT2D eigenvalue weighted by atomic mass is 16.6. The summed E-state index contributed by atoms with van der Waals surface area (Å²) in [5.41, 5.74) is 11.1. The molecule has 0 bridgehead atoms. The predicted molar refractivity (Wildman–Crippen MR) is 446 cm³/mol.